The molecular weight excluding hydrogens is 408 g/mol. The number of likely N-dealkylation sites (tertiary alicyclic amines) is 1. The average molecular weight is 439 g/mol. The maximum atomic E-state index is 12.5. The number of aryl methyl sites for hydroxylation is 1. The van der Waals surface area contributed by atoms with E-state index in [-0.39, 0.29) is 18.4 Å². The molecular formula is C25H30N2O5. The minimum atomic E-state index is -0.769. The van der Waals surface area contributed by atoms with Crippen molar-refractivity contribution < 1.29 is 23.9 Å². The van der Waals surface area contributed by atoms with Gasteiger partial charge in [-0.3, -0.25) is 9.59 Å². The van der Waals surface area contributed by atoms with Gasteiger partial charge in [-0.05, 0) is 61.9 Å². The summed E-state index contributed by atoms with van der Waals surface area (Å²) in [6, 6.07) is 16.4. The Kier molecular flexibility index (Phi) is 8.66. The van der Waals surface area contributed by atoms with Crippen LogP contribution in [0.25, 0.3) is 0 Å². The standard InChI is InChI=1S/C25H30N2O5/c1-2-31-25(30)32-22-11-9-21(10-12-22)24(29)26-18-20-14-16-27(17-15-20)23(28)13-8-19-6-4-3-5-7-19/h3-7,9-12,20H,2,8,13-18H2,1H3,(H,26,29). The van der Waals surface area contributed by atoms with Crippen molar-refractivity contribution in [3.8, 4) is 5.75 Å². The maximum absolute atomic E-state index is 12.5. The smallest absolute Gasteiger partial charge is 0.434 e. The number of amides is 2. The molecule has 0 saturated carbocycles. The van der Waals surface area contributed by atoms with Crippen LogP contribution in [0.1, 0.15) is 42.1 Å². The Morgan fingerprint density at radius 2 is 1.69 bits per heavy atom. The minimum absolute atomic E-state index is 0.172. The van der Waals surface area contributed by atoms with Gasteiger partial charge >= 0.3 is 6.16 Å². The molecule has 2 aromatic carbocycles. The van der Waals surface area contributed by atoms with E-state index in [0.717, 1.165) is 32.4 Å². The lowest BCUT2D eigenvalue weighted by molar-refractivity contribution is -0.132. The Balaban J connectivity index is 1.36. The van der Waals surface area contributed by atoms with Gasteiger partial charge in [-0.1, -0.05) is 30.3 Å². The Hall–Kier alpha value is -3.35. The van der Waals surface area contributed by atoms with Crippen LogP contribution in [0, 0.1) is 5.92 Å². The van der Waals surface area contributed by atoms with Crippen LogP contribution in [0.2, 0.25) is 0 Å². The van der Waals surface area contributed by atoms with Crippen LogP contribution in [0.4, 0.5) is 4.79 Å². The van der Waals surface area contributed by atoms with Crippen molar-refractivity contribution in [1.82, 2.24) is 10.2 Å². The molecule has 0 radical (unpaired) electrons. The molecule has 1 heterocycles. The third-order valence-electron chi connectivity index (χ3n) is 5.57. The molecule has 0 unspecified atom stereocenters. The number of ether oxygens (including phenoxy) is 2. The highest BCUT2D eigenvalue weighted by Gasteiger charge is 2.23. The number of nitrogens with zero attached hydrogens (tertiary/aromatic N) is 1. The third-order valence-corrected chi connectivity index (χ3v) is 5.57. The Morgan fingerprint density at radius 1 is 1.00 bits per heavy atom. The van der Waals surface area contributed by atoms with Crippen molar-refractivity contribution in [3.05, 3.63) is 65.7 Å². The van der Waals surface area contributed by atoms with Crippen LogP contribution >= 0.6 is 0 Å². The molecule has 1 fully saturated rings. The average Bonchev–Trinajstić information content (AvgIpc) is 2.82. The van der Waals surface area contributed by atoms with E-state index < -0.39 is 6.16 Å². The number of piperidine rings is 1. The lowest BCUT2D eigenvalue weighted by atomic mass is 9.96. The van der Waals surface area contributed by atoms with Crippen molar-refractivity contribution in [1.29, 1.82) is 0 Å². The first-order valence-corrected chi connectivity index (χ1v) is 11.1. The quantitative estimate of drug-likeness (QED) is 0.500. The number of hydrogen-bond donors (Lipinski definition) is 1. The van der Waals surface area contributed by atoms with Gasteiger partial charge in [0.2, 0.25) is 5.91 Å². The van der Waals surface area contributed by atoms with E-state index in [9.17, 15) is 14.4 Å². The molecule has 1 saturated heterocycles. The molecule has 0 spiro atoms. The van der Waals surface area contributed by atoms with Gasteiger partial charge in [-0.2, -0.15) is 0 Å². The Morgan fingerprint density at radius 3 is 2.34 bits per heavy atom. The van der Waals surface area contributed by atoms with Crippen LogP contribution in [0.5, 0.6) is 5.75 Å². The van der Waals surface area contributed by atoms with Crippen LogP contribution in [-0.2, 0) is 16.0 Å². The van der Waals surface area contributed by atoms with Crippen molar-refractivity contribution in [2.24, 2.45) is 5.92 Å². The van der Waals surface area contributed by atoms with E-state index in [1.54, 1.807) is 31.2 Å². The largest absolute Gasteiger partial charge is 0.513 e. The molecule has 0 atom stereocenters. The summed E-state index contributed by atoms with van der Waals surface area (Å²) in [5.74, 6) is 0.698. The molecule has 2 amide bonds. The molecule has 2 aromatic rings. The third kappa shape index (κ3) is 7.11. The van der Waals surface area contributed by atoms with Gasteiger partial charge in [0.05, 0.1) is 6.61 Å². The van der Waals surface area contributed by atoms with Gasteiger partial charge in [0.25, 0.3) is 5.91 Å². The molecule has 0 bridgehead atoms. The zero-order valence-corrected chi connectivity index (χ0v) is 18.4. The summed E-state index contributed by atoms with van der Waals surface area (Å²) in [7, 11) is 0. The second kappa shape index (κ2) is 11.9. The first kappa shape index (κ1) is 23.3. The van der Waals surface area contributed by atoms with E-state index in [1.165, 1.54) is 5.56 Å². The molecule has 3 rings (SSSR count). The molecule has 7 heteroatoms. The number of benzene rings is 2. The van der Waals surface area contributed by atoms with E-state index in [4.69, 9.17) is 9.47 Å². The second-order valence-corrected chi connectivity index (χ2v) is 7.83. The fraction of sp³-hybridized carbons (Fsp3) is 0.400. The summed E-state index contributed by atoms with van der Waals surface area (Å²) in [6.45, 7) is 3.97. The van der Waals surface area contributed by atoms with E-state index in [2.05, 4.69) is 5.32 Å². The zero-order valence-electron chi connectivity index (χ0n) is 18.4. The molecule has 1 aliphatic rings. The summed E-state index contributed by atoms with van der Waals surface area (Å²) >= 11 is 0. The fourth-order valence-corrected chi connectivity index (χ4v) is 3.70. The predicted octanol–water partition coefficient (Wildman–Crippen LogP) is 3.82. The highest BCUT2D eigenvalue weighted by Crippen LogP contribution is 2.18. The van der Waals surface area contributed by atoms with Gasteiger partial charge in [0, 0.05) is 31.6 Å². The summed E-state index contributed by atoms with van der Waals surface area (Å²) < 4.78 is 9.71. The maximum Gasteiger partial charge on any atom is 0.513 e. The number of hydrogen-bond acceptors (Lipinski definition) is 5. The predicted molar refractivity (Wildman–Crippen MR) is 120 cm³/mol. The van der Waals surface area contributed by atoms with Crippen molar-refractivity contribution in [2.75, 3.05) is 26.2 Å². The normalized spacial score (nSPS) is 14.0. The van der Waals surface area contributed by atoms with E-state index >= 15 is 0 Å². The van der Waals surface area contributed by atoms with Crippen LogP contribution < -0.4 is 10.1 Å². The number of carbonyl (C=O) groups is 3. The van der Waals surface area contributed by atoms with Crippen molar-refractivity contribution in [2.45, 2.75) is 32.6 Å². The first-order valence-electron chi connectivity index (χ1n) is 11.1. The number of nitrogens with one attached hydrogen (secondary N) is 1. The van der Waals surface area contributed by atoms with Crippen LogP contribution in [0.15, 0.2) is 54.6 Å². The molecule has 1 aliphatic heterocycles. The van der Waals surface area contributed by atoms with Crippen LogP contribution in [0.3, 0.4) is 0 Å². The number of carbonyl (C=O) groups excluding carboxylic acids is 3. The Labute approximate surface area is 188 Å². The lowest BCUT2D eigenvalue weighted by Gasteiger charge is -2.32. The summed E-state index contributed by atoms with van der Waals surface area (Å²) in [6.07, 6.45) is 2.28. The highest BCUT2D eigenvalue weighted by molar-refractivity contribution is 5.94. The fourth-order valence-electron chi connectivity index (χ4n) is 3.70. The van der Waals surface area contributed by atoms with Gasteiger partial charge in [-0.15, -0.1) is 0 Å². The van der Waals surface area contributed by atoms with Crippen molar-refractivity contribution >= 4 is 18.0 Å². The minimum Gasteiger partial charge on any atom is -0.434 e. The first-order chi connectivity index (χ1) is 15.5. The zero-order chi connectivity index (χ0) is 22.8. The van der Waals surface area contributed by atoms with Gasteiger partial charge in [-0.25, -0.2) is 4.79 Å². The lowest BCUT2D eigenvalue weighted by Crippen LogP contribution is -2.41. The molecule has 32 heavy (non-hydrogen) atoms. The van der Waals surface area contributed by atoms with Crippen LogP contribution in [-0.4, -0.2) is 49.1 Å². The second-order valence-electron chi connectivity index (χ2n) is 7.83. The molecule has 7 nitrogen and oxygen atoms in total. The van der Waals surface area contributed by atoms with E-state index in [1.807, 2.05) is 35.2 Å². The van der Waals surface area contributed by atoms with E-state index in [0.29, 0.717) is 30.2 Å². The molecule has 0 aliphatic carbocycles. The topological polar surface area (TPSA) is 84.9 Å². The van der Waals surface area contributed by atoms with Gasteiger partial charge < -0.3 is 19.7 Å². The SMILES string of the molecule is CCOC(=O)Oc1ccc(C(=O)NCC2CCN(C(=O)CCc3ccccc3)CC2)cc1. The molecule has 0 aromatic heterocycles. The molecule has 170 valence electrons. The van der Waals surface area contributed by atoms with Gasteiger partial charge in [0.15, 0.2) is 0 Å². The summed E-state index contributed by atoms with van der Waals surface area (Å²) in [4.78, 5) is 38.1. The Bertz CT molecular complexity index is 890. The molecule has 1 N–H and O–H groups in total. The summed E-state index contributed by atoms with van der Waals surface area (Å²) in [5.41, 5.74) is 1.67. The van der Waals surface area contributed by atoms with Crippen molar-refractivity contribution in [3.63, 3.8) is 0 Å². The monoisotopic (exact) mass is 438 g/mol. The van der Waals surface area contributed by atoms with Gasteiger partial charge in [0.1, 0.15) is 5.75 Å². The highest BCUT2D eigenvalue weighted by atomic mass is 16.7. The number of rotatable bonds is 8. The summed E-state index contributed by atoms with van der Waals surface area (Å²) in [5, 5.41) is 2.97.